The third-order valence-corrected chi connectivity index (χ3v) is 5.14. The van der Waals surface area contributed by atoms with Gasteiger partial charge in [-0.05, 0) is 43.5 Å². The van der Waals surface area contributed by atoms with Crippen LogP contribution < -0.4 is 5.32 Å². The largest absolute Gasteiger partial charge is 0.319 e. The van der Waals surface area contributed by atoms with Crippen molar-refractivity contribution in [2.24, 2.45) is 0 Å². The zero-order valence-corrected chi connectivity index (χ0v) is 15.9. The predicted octanol–water partition coefficient (Wildman–Crippen LogP) is 5.27. The maximum absolute atomic E-state index is 14.0. The Bertz CT molecular complexity index is 1170. The summed E-state index contributed by atoms with van der Waals surface area (Å²) in [7, 11) is 0. The van der Waals surface area contributed by atoms with Crippen molar-refractivity contribution >= 4 is 34.0 Å². The molecule has 4 aromatic rings. The van der Waals surface area contributed by atoms with Crippen molar-refractivity contribution in [1.29, 1.82) is 0 Å². The molecule has 0 unspecified atom stereocenters. The zero-order chi connectivity index (χ0) is 19.8. The number of halogens is 2. The fourth-order valence-electron chi connectivity index (χ4n) is 2.92. The van der Waals surface area contributed by atoms with Crippen molar-refractivity contribution < 1.29 is 13.6 Å². The van der Waals surface area contributed by atoms with Gasteiger partial charge < -0.3 is 5.32 Å². The molecule has 28 heavy (non-hydrogen) atoms. The van der Waals surface area contributed by atoms with Crippen LogP contribution in [0.5, 0.6) is 0 Å². The second-order valence-electron chi connectivity index (χ2n) is 6.53. The van der Waals surface area contributed by atoms with Gasteiger partial charge in [0.25, 0.3) is 5.91 Å². The van der Waals surface area contributed by atoms with Gasteiger partial charge >= 0.3 is 0 Å². The molecule has 1 N–H and O–H groups in total. The fourth-order valence-corrected chi connectivity index (χ4v) is 3.60. The molecule has 0 fully saturated rings. The monoisotopic (exact) mass is 398 g/mol. The zero-order valence-electron chi connectivity index (χ0n) is 15.1. The number of anilines is 1. The number of carbonyl (C=O) groups is 1. The molecule has 142 valence electrons. The van der Waals surface area contributed by atoms with E-state index >= 15 is 0 Å². The van der Waals surface area contributed by atoms with E-state index in [-0.39, 0.29) is 11.7 Å². The van der Waals surface area contributed by atoms with Gasteiger partial charge in [0.1, 0.15) is 11.6 Å². The molecular formula is C20H16F2N4OS. The molecule has 0 aliphatic rings. The molecule has 0 bridgehead atoms. The molecule has 0 saturated heterocycles. The van der Waals surface area contributed by atoms with E-state index in [2.05, 4.69) is 15.4 Å². The van der Waals surface area contributed by atoms with Crippen molar-refractivity contribution in [3.8, 4) is 10.6 Å². The lowest BCUT2D eigenvalue weighted by atomic mass is 10.1. The van der Waals surface area contributed by atoms with E-state index in [1.165, 1.54) is 11.3 Å². The molecule has 0 spiro atoms. The van der Waals surface area contributed by atoms with Crippen LogP contribution in [0.15, 0.2) is 48.0 Å². The third-order valence-electron chi connectivity index (χ3n) is 4.25. The minimum atomic E-state index is -0.712. The molecule has 4 rings (SSSR count). The first kappa shape index (κ1) is 18.2. The average Bonchev–Trinajstić information content (AvgIpc) is 3.33. The smallest absolute Gasteiger partial charge is 0.256 e. The molecule has 1 aromatic carbocycles. The summed E-state index contributed by atoms with van der Waals surface area (Å²) in [5.74, 6) is -1.90. The normalized spacial score (nSPS) is 11.3. The van der Waals surface area contributed by atoms with E-state index in [1.54, 1.807) is 16.9 Å². The van der Waals surface area contributed by atoms with Crippen LogP contribution >= 0.6 is 11.3 Å². The lowest BCUT2D eigenvalue weighted by Crippen LogP contribution is -2.14. The molecule has 0 saturated carbocycles. The Hall–Kier alpha value is -3.13. The lowest BCUT2D eigenvalue weighted by Gasteiger charge is -2.11. The molecule has 0 aliphatic heterocycles. The number of pyridine rings is 1. The summed E-state index contributed by atoms with van der Waals surface area (Å²) in [4.78, 5) is 18.5. The molecule has 1 amide bonds. The number of amides is 1. The number of aromatic nitrogens is 3. The van der Waals surface area contributed by atoms with Gasteiger partial charge in [0, 0.05) is 12.1 Å². The van der Waals surface area contributed by atoms with Crippen molar-refractivity contribution in [1.82, 2.24) is 14.8 Å². The molecule has 0 aliphatic carbocycles. The van der Waals surface area contributed by atoms with Crippen LogP contribution in [0.25, 0.3) is 21.6 Å². The molecule has 5 nitrogen and oxygen atoms in total. The first-order valence-electron chi connectivity index (χ1n) is 8.62. The molecule has 3 heterocycles. The Labute approximate surface area is 163 Å². The fraction of sp³-hybridized carbons (Fsp3) is 0.150. The quantitative estimate of drug-likeness (QED) is 0.509. The number of benzene rings is 1. The standard InChI is InChI=1S/C20H16F2N4OS/c1-11(2)26-19-14(10-23-26)13(9-17(24-19)18-4-3-7-28-18)20(27)25-16-8-12(21)5-6-15(16)22/h3-11H,1-2H3,(H,25,27). The summed E-state index contributed by atoms with van der Waals surface area (Å²) in [6.45, 7) is 3.93. The Kier molecular flexibility index (Phi) is 4.64. The highest BCUT2D eigenvalue weighted by molar-refractivity contribution is 7.13. The number of fused-ring (bicyclic) bond motifs is 1. The van der Waals surface area contributed by atoms with Gasteiger partial charge in [0.15, 0.2) is 5.65 Å². The highest BCUT2D eigenvalue weighted by Gasteiger charge is 2.20. The second kappa shape index (κ2) is 7.12. The molecule has 8 heteroatoms. The van der Waals surface area contributed by atoms with Gasteiger partial charge in [-0.2, -0.15) is 5.10 Å². The Morgan fingerprint density at radius 2 is 2.04 bits per heavy atom. The number of carbonyl (C=O) groups excluding carboxylic acids is 1. The van der Waals surface area contributed by atoms with E-state index in [1.807, 2.05) is 31.4 Å². The second-order valence-corrected chi connectivity index (χ2v) is 7.48. The number of thiophene rings is 1. The molecular weight excluding hydrogens is 382 g/mol. The summed E-state index contributed by atoms with van der Waals surface area (Å²) in [6.07, 6.45) is 1.57. The van der Waals surface area contributed by atoms with Crippen LogP contribution in [0.1, 0.15) is 30.2 Å². The molecule has 0 radical (unpaired) electrons. The highest BCUT2D eigenvalue weighted by Crippen LogP contribution is 2.29. The highest BCUT2D eigenvalue weighted by atomic mass is 32.1. The van der Waals surface area contributed by atoms with Gasteiger partial charge in [0.2, 0.25) is 0 Å². The SMILES string of the molecule is CC(C)n1ncc2c(C(=O)Nc3cc(F)ccc3F)cc(-c3cccs3)nc21. The summed E-state index contributed by atoms with van der Waals surface area (Å²) in [5, 5.41) is 9.26. The van der Waals surface area contributed by atoms with E-state index < -0.39 is 17.5 Å². The first-order chi connectivity index (χ1) is 13.4. The minimum absolute atomic E-state index is 0.0418. The Balaban J connectivity index is 1.85. The maximum Gasteiger partial charge on any atom is 0.256 e. The number of hydrogen-bond donors (Lipinski definition) is 1. The number of hydrogen-bond acceptors (Lipinski definition) is 4. The Morgan fingerprint density at radius 1 is 1.21 bits per heavy atom. The van der Waals surface area contributed by atoms with Crippen molar-refractivity contribution in [3.63, 3.8) is 0 Å². The van der Waals surface area contributed by atoms with Crippen molar-refractivity contribution in [3.05, 3.63) is 65.2 Å². The van der Waals surface area contributed by atoms with E-state index in [0.717, 1.165) is 23.1 Å². The van der Waals surface area contributed by atoms with Gasteiger partial charge in [-0.1, -0.05) is 6.07 Å². The lowest BCUT2D eigenvalue weighted by molar-refractivity contribution is 0.102. The molecule has 3 aromatic heterocycles. The van der Waals surface area contributed by atoms with Crippen LogP contribution in [0.2, 0.25) is 0 Å². The molecule has 0 atom stereocenters. The van der Waals surface area contributed by atoms with Crippen molar-refractivity contribution in [2.75, 3.05) is 5.32 Å². The number of rotatable bonds is 4. The van der Waals surface area contributed by atoms with Gasteiger partial charge in [-0.25, -0.2) is 18.4 Å². The average molecular weight is 398 g/mol. The van der Waals surface area contributed by atoms with Gasteiger partial charge in [0.05, 0.1) is 33.4 Å². The van der Waals surface area contributed by atoms with Gasteiger partial charge in [-0.3, -0.25) is 4.79 Å². The third kappa shape index (κ3) is 3.27. The summed E-state index contributed by atoms with van der Waals surface area (Å²) < 4.78 is 29.1. The first-order valence-corrected chi connectivity index (χ1v) is 9.50. The van der Waals surface area contributed by atoms with Crippen LogP contribution in [0.4, 0.5) is 14.5 Å². The van der Waals surface area contributed by atoms with Crippen LogP contribution in [-0.2, 0) is 0 Å². The van der Waals surface area contributed by atoms with Crippen LogP contribution in [0.3, 0.4) is 0 Å². The summed E-state index contributed by atoms with van der Waals surface area (Å²) >= 11 is 1.50. The predicted molar refractivity (Wildman–Crippen MR) is 106 cm³/mol. The topological polar surface area (TPSA) is 59.8 Å². The van der Waals surface area contributed by atoms with Crippen molar-refractivity contribution in [2.45, 2.75) is 19.9 Å². The van der Waals surface area contributed by atoms with E-state index in [0.29, 0.717) is 22.3 Å². The number of nitrogens with zero attached hydrogens (tertiary/aromatic N) is 3. The van der Waals surface area contributed by atoms with E-state index in [4.69, 9.17) is 0 Å². The van der Waals surface area contributed by atoms with E-state index in [9.17, 15) is 13.6 Å². The minimum Gasteiger partial charge on any atom is -0.319 e. The van der Waals surface area contributed by atoms with Crippen LogP contribution in [0, 0.1) is 11.6 Å². The maximum atomic E-state index is 14.0. The summed E-state index contributed by atoms with van der Waals surface area (Å²) in [5.41, 5.74) is 1.26. The summed E-state index contributed by atoms with van der Waals surface area (Å²) in [6, 6.07) is 8.41. The van der Waals surface area contributed by atoms with Crippen LogP contribution in [-0.4, -0.2) is 20.7 Å². The number of nitrogens with one attached hydrogen (secondary N) is 1. The van der Waals surface area contributed by atoms with Gasteiger partial charge in [-0.15, -0.1) is 11.3 Å². The Morgan fingerprint density at radius 3 is 2.75 bits per heavy atom.